The zero-order valence-corrected chi connectivity index (χ0v) is 15.7. The fourth-order valence-electron chi connectivity index (χ4n) is 4.15. The quantitative estimate of drug-likeness (QED) is 0.837. The average Bonchev–Trinajstić information content (AvgIpc) is 3.02. The van der Waals surface area contributed by atoms with Gasteiger partial charge in [-0.3, -0.25) is 10.1 Å². The minimum atomic E-state index is -0.256. The average molecular weight is 370 g/mol. The van der Waals surface area contributed by atoms with Crippen LogP contribution in [0.15, 0.2) is 16.1 Å². The smallest absolute Gasteiger partial charge is 0.320 e. The molecule has 1 unspecified atom stereocenters. The lowest BCUT2D eigenvalue weighted by molar-refractivity contribution is -0.120. The van der Waals surface area contributed by atoms with Gasteiger partial charge in [-0.1, -0.05) is 25.7 Å². The Labute approximate surface area is 158 Å². The number of aromatic nitrogens is 2. The maximum Gasteiger partial charge on any atom is 0.320 e. The lowest BCUT2D eigenvalue weighted by Crippen LogP contribution is -2.40. The molecule has 3 aliphatic rings. The van der Waals surface area contributed by atoms with E-state index in [0.29, 0.717) is 5.82 Å². The molecule has 0 aromatic carbocycles. The zero-order valence-electron chi connectivity index (χ0n) is 15.7. The van der Waals surface area contributed by atoms with Crippen LogP contribution in [0.5, 0.6) is 0 Å². The molecule has 1 aromatic heterocycles. The van der Waals surface area contributed by atoms with Crippen LogP contribution in [0.3, 0.4) is 0 Å². The highest BCUT2D eigenvalue weighted by Gasteiger charge is 2.32. The van der Waals surface area contributed by atoms with Gasteiger partial charge in [-0.25, -0.2) is 9.79 Å². The predicted octanol–water partition coefficient (Wildman–Crippen LogP) is 3.02. The fourth-order valence-corrected chi connectivity index (χ4v) is 4.15. The van der Waals surface area contributed by atoms with Crippen molar-refractivity contribution in [1.82, 2.24) is 15.1 Å². The number of carbonyl (C=O) groups excluding carboxylic acids is 2. The van der Waals surface area contributed by atoms with Crippen molar-refractivity contribution in [3.8, 4) is 0 Å². The highest BCUT2D eigenvalue weighted by Crippen LogP contribution is 2.26. The van der Waals surface area contributed by atoms with Gasteiger partial charge in [0, 0.05) is 17.8 Å². The molecule has 0 bridgehead atoms. The monoisotopic (exact) mass is 370 g/mol. The first kappa shape index (κ1) is 17.9. The molecule has 2 aliphatic carbocycles. The summed E-state index contributed by atoms with van der Waals surface area (Å²) in [6.45, 7) is 1.84. The van der Waals surface area contributed by atoms with E-state index in [9.17, 15) is 9.59 Å². The largest absolute Gasteiger partial charge is 0.335 e. The second kappa shape index (κ2) is 7.62. The van der Waals surface area contributed by atoms with Crippen molar-refractivity contribution in [2.45, 2.75) is 70.8 Å². The van der Waals surface area contributed by atoms with Gasteiger partial charge in [-0.15, -0.1) is 0 Å². The Balaban J connectivity index is 1.52. The first-order valence-electron chi connectivity index (χ1n) is 9.95. The summed E-state index contributed by atoms with van der Waals surface area (Å²) in [6.07, 6.45) is 9.30. The topological polar surface area (TPSA) is 101 Å². The van der Waals surface area contributed by atoms with Gasteiger partial charge in [0.1, 0.15) is 5.82 Å². The standard InChI is InChI=1S/C19H26N6O2/c1-12-11-16(22-19(27)20-13-7-3-2-4-8-13)25(24-12)18-21-15-10-6-5-9-14(15)17(26)23-18/h11,13-14H,2-10H2,1H3,(H2,20,22,27). The van der Waals surface area contributed by atoms with E-state index in [1.165, 1.54) is 11.1 Å². The van der Waals surface area contributed by atoms with Gasteiger partial charge < -0.3 is 5.32 Å². The molecule has 0 spiro atoms. The second-order valence-corrected chi connectivity index (χ2v) is 7.67. The molecule has 2 saturated carbocycles. The minimum absolute atomic E-state index is 0.152. The third kappa shape index (κ3) is 3.94. The molecule has 8 nitrogen and oxygen atoms in total. The van der Waals surface area contributed by atoms with Gasteiger partial charge in [0.05, 0.1) is 11.6 Å². The Bertz CT molecular complexity index is 803. The minimum Gasteiger partial charge on any atom is -0.335 e. The molecule has 1 atom stereocenters. The van der Waals surface area contributed by atoms with Crippen LogP contribution in [0.25, 0.3) is 0 Å². The third-order valence-electron chi connectivity index (χ3n) is 5.53. The molecule has 1 aromatic rings. The summed E-state index contributed by atoms with van der Waals surface area (Å²) in [5.41, 5.74) is 1.62. The molecule has 0 saturated heterocycles. The number of amides is 3. The van der Waals surface area contributed by atoms with Gasteiger partial charge in [-0.05, 0) is 39.0 Å². The lowest BCUT2D eigenvalue weighted by atomic mass is 9.86. The molecule has 8 heteroatoms. The molecule has 2 N–H and O–H groups in total. The van der Waals surface area contributed by atoms with Crippen molar-refractivity contribution in [1.29, 1.82) is 0 Å². The van der Waals surface area contributed by atoms with Crippen LogP contribution in [0, 0.1) is 12.8 Å². The van der Waals surface area contributed by atoms with E-state index >= 15 is 0 Å². The van der Waals surface area contributed by atoms with Crippen LogP contribution in [-0.4, -0.2) is 39.4 Å². The van der Waals surface area contributed by atoms with E-state index in [1.54, 1.807) is 6.07 Å². The molecule has 3 amide bonds. The Morgan fingerprint density at radius 2 is 1.89 bits per heavy atom. The number of nitrogens with zero attached hydrogens (tertiary/aromatic N) is 4. The van der Waals surface area contributed by atoms with Gasteiger partial charge in [0.15, 0.2) is 0 Å². The number of hydrogen-bond donors (Lipinski definition) is 2. The van der Waals surface area contributed by atoms with Crippen molar-refractivity contribution < 1.29 is 9.59 Å². The Morgan fingerprint density at radius 1 is 1.11 bits per heavy atom. The third-order valence-corrected chi connectivity index (χ3v) is 5.53. The molecular formula is C19H26N6O2. The number of aliphatic imine (C=N–C) groups is 2. The van der Waals surface area contributed by atoms with E-state index in [-0.39, 0.29) is 29.9 Å². The first-order chi connectivity index (χ1) is 13.1. The van der Waals surface area contributed by atoms with Crippen molar-refractivity contribution in [3.63, 3.8) is 0 Å². The molecule has 4 rings (SSSR count). The SMILES string of the molecule is Cc1cc(NC(=O)NC2CCCCC2)n(C2=NC(=O)C3CCCCC3=N2)n1. The summed E-state index contributed by atoms with van der Waals surface area (Å²) in [6, 6.07) is 1.72. The van der Waals surface area contributed by atoms with Gasteiger partial charge >= 0.3 is 6.03 Å². The number of fused-ring (bicyclic) bond motifs is 1. The summed E-state index contributed by atoms with van der Waals surface area (Å²) in [5.74, 6) is 0.394. The van der Waals surface area contributed by atoms with E-state index in [0.717, 1.165) is 62.8 Å². The van der Waals surface area contributed by atoms with Crippen LogP contribution in [0.1, 0.15) is 63.5 Å². The second-order valence-electron chi connectivity index (χ2n) is 7.67. The predicted molar refractivity (Wildman–Crippen MR) is 103 cm³/mol. The molecule has 2 heterocycles. The van der Waals surface area contributed by atoms with Crippen molar-refractivity contribution >= 4 is 29.4 Å². The van der Waals surface area contributed by atoms with Crippen LogP contribution in [0.2, 0.25) is 0 Å². The number of rotatable bonds is 2. The number of hydrogen-bond acceptors (Lipinski definition) is 4. The molecule has 144 valence electrons. The number of anilines is 1. The number of aryl methyl sites for hydroxylation is 1. The summed E-state index contributed by atoms with van der Waals surface area (Å²) < 4.78 is 1.46. The van der Waals surface area contributed by atoms with Crippen LogP contribution in [-0.2, 0) is 4.79 Å². The first-order valence-corrected chi connectivity index (χ1v) is 9.95. The van der Waals surface area contributed by atoms with Crippen molar-refractivity contribution in [3.05, 3.63) is 11.8 Å². The molecular weight excluding hydrogens is 344 g/mol. The van der Waals surface area contributed by atoms with E-state index in [4.69, 9.17) is 0 Å². The maximum absolute atomic E-state index is 12.4. The fraction of sp³-hybridized carbons (Fsp3) is 0.632. The summed E-state index contributed by atoms with van der Waals surface area (Å²) >= 11 is 0. The van der Waals surface area contributed by atoms with Crippen LogP contribution in [0.4, 0.5) is 10.6 Å². The van der Waals surface area contributed by atoms with Gasteiger partial charge in [0.2, 0.25) is 0 Å². The van der Waals surface area contributed by atoms with E-state index < -0.39 is 0 Å². The summed E-state index contributed by atoms with van der Waals surface area (Å²) in [4.78, 5) is 33.6. The Hall–Kier alpha value is -2.51. The Morgan fingerprint density at radius 3 is 2.70 bits per heavy atom. The molecule has 2 fully saturated rings. The van der Waals surface area contributed by atoms with Crippen LogP contribution < -0.4 is 10.6 Å². The molecule has 1 aliphatic heterocycles. The zero-order chi connectivity index (χ0) is 18.8. The number of urea groups is 1. The number of nitrogens with one attached hydrogen (secondary N) is 2. The molecule has 27 heavy (non-hydrogen) atoms. The Kier molecular flexibility index (Phi) is 5.05. The van der Waals surface area contributed by atoms with Gasteiger partial charge in [-0.2, -0.15) is 14.8 Å². The van der Waals surface area contributed by atoms with Crippen molar-refractivity contribution in [2.24, 2.45) is 15.9 Å². The number of carbonyl (C=O) groups is 2. The van der Waals surface area contributed by atoms with Crippen molar-refractivity contribution in [2.75, 3.05) is 5.32 Å². The molecule has 0 radical (unpaired) electrons. The van der Waals surface area contributed by atoms with E-state index in [2.05, 4.69) is 25.7 Å². The van der Waals surface area contributed by atoms with Gasteiger partial charge in [0.25, 0.3) is 11.9 Å². The maximum atomic E-state index is 12.4. The highest BCUT2D eigenvalue weighted by molar-refractivity contribution is 6.16. The summed E-state index contributed by atoms with van der Waals surface area (Å²) in [7, 11) is 0. The van der Waals surface area contributed by atoms with Crippen LogP contribution >= 0.6 is 0 Å². The van der Waals surface area contributed by atoms with E-state index in [1.807, 2.05) is 6.92 Å². The lowest BCUT2D eigenvalue weighted by Gasteiger charge is -2.25. The summed E-state index contributed by atoms with van der Waals surface area (Å²) in [5, 5.41) is 10.3. The highest BCUT2D eigenvalue weighted by atomic mass is 16.2. The normalized spacial score (nSPS) is 23.3.